The number of amides is 1. The van der Waals surface area contributed by atoms with Crippen LogP contribution in [0.25, 0.3) is 0 Å². The normalized spacial score (nSPS) is 9.13. The molecule has 2 aromatic carbocycles. The molecule has 1 amide bonds. The van der Waals surface area contributed by atoms with Gasteiger partial charge in [0, 0.05) is 11.8 Å². The molecule has 0 saturated heterocycles. The zero-order valence-corrected chi connectivity index (χ0v) is 25.8. The van der Waals surface area contributed by atoms with Gasteiger partial charge in [-0.1, -0.05) is 46.7 Å². The first-order valence-electron chi connectivity index (χ1n) is 13.7. The molecule has 0 aliphatic carbocycles. The molecule has 1 N–H and O–H groups in total. The Bertz CT molecular complexity index is 1340. The number of ether oxygens (including phenoxy) is 5. The predicted molar refractivity (Wildman–Crippen MR) is 170 cm³/mol. The number of anilines is 1. The fourth-order valence-corrected chi connectivity index (χ4v) is 2.70. The smallest absolute Gasteiger partial charge is 0.463 e. The van der Waals surface area contributed by atoms with Crippen molar-refractivity contribution < 1.29 is 47.7 Å². The van der Waals surface area contributed by atoms with Crippen molar-refractivity contribution in [3.8, 4) is 5.75 Å². The lowest BCUT2D eigenvalue weighted by Gasteiger charge is -2.07. The lowest BCUT2D eigenvalue weighted by Crippen LogP contribution is -2.12. The van der Waals surface area contributed by atoms with Gasteiger partial charge in [-0.25, -0.2) is 19.2 Å². The maximum absolute atomic E-state index is 11.7. The topological polar surface area (TPSA) is 144 Å². The first-order chi connectivity index (χ1) is 21.5. The van der Waals surface area contributed by atoms with Crippen molar-refractivity contribution in [1.29, 1.82) is 0 Å². The minimum Gasteiger partial charge on any atom is -0.463 e. The molecule has 11 nitrogen and oxygen atoms in total. The van der Waals surface area contributed by atoms with Crippen LogP contribution in [0.1, 0.15) is 54.3 Å². The summed E-state index contributed by atoms with van der Waals surface area (Å²) >= 11 is 0. The number of hydrogen-bond donors (Lipinski definition) is 1. The predicted octanol–water partition coefficient (Wildman–Crippen LogP) is 7.10. The van der Waals surface area contributed by atoms with Crippen LogP contribution in [0, 0.1) is 0 Å². The van der Waals surface area contributed by atoms with E-state index in [9.17, 15) is 24.0 Å². The number of benzene rings is 2. The molecule has 0 aliphatic heterocycles. The molecule has 0 aliphatic rings. The van der Waals surface area contributed by atoms with Crippen LogP contribution in [0.2, 0.25) is 0 Å². The minimum absolute atomic E-state index is 0.124. The van der Waals surface area contributed by atoms with Crippen LogP contribution in [0.4, 0.5) is 10.5 Å². The maximum Gasteiger partial charge on any atom is 0.513 e. The molecule has 0 fully saturated rings. The summed E-state index contributed by atoms with van der Waals surface area (Å²) in [4.78, 5) is 56.6. The van der Waals surface area contributed by atoms with Gasteiger partial charge < -0.3 is 29.0 Å². The second-order valence-corrected chi connectivity index (χ2v) is 8.23. The molecule has 0 saturated carbocycles. The Morgan fingerprint density at radius 3 is 1.71 bits per heavy atom. The molecule has 0 bridgehead atoms. The van der Waals surface area contributed by atoms with Crippen LogP contribution in [-0.2, 0) is 28.5 Å². The number of unbranched alkanes of at least 4 members (excludes halogenated alkanes) is 1. The lowest BCUT2D eigenvalue weighted by molar-refractivity contribution is -0.137. The van der Waals surface area contributed by atoms with Crippen molar-refractivity contribution in [1.82, 2.24) is 0 Å². The van der Waals surface area contributed by atoms with E-state index in [0.717, 1.165) is 6.08 Å². The third-order valence-corrected chi connectivity index (χ3v) is 4.75. The highest BCUT2D eigenvalue weighted by molar-refractivity contribution is 5.99. The molecule has 0 heterocycles. The van der Waals surface area contributed by atoms with Gasteiger partial charge >= 0.3 is 24.1 Å². The van der Waals surface area contributed by atoms with Crippen molar-refractivity contribution in [2.45, 2.75) is 33.6 Å². The summed E-state index contributed by atoms with van der Waals surface area (Å²) in [5, 5.41) is 2.57. The summed E-state index contributed by atoms with van der Waals surface area (Å²) in [6, 6.07) is 12.1. The molecule has 2 aromatic rings. The molecule has 0 unspecified atom stereocenters. The summed E-state index contributed by atoms with van der Waals surface area (Å²) in [7, 11) is 0. The molecule has 0 spiro atoms. The molecular weight excluding hydrogens is 582 g/mol. The van der Waals surface area contributed by atoms with Gasteiger partial charge in [-0.05, 0) is 80.4 Å². The number of rotatable bonds is 14. The van der Waals surface area contributed by atoms with Crippen LogP contribution in [0.5, 0.6) is 5.75 Å². The summed E-state index contributed by atoms with van der Waals surface area (Å²) in [6.07, 6.45) is 3.74. The van der Waals surface area contributed by atoms with Crippen molar-refractivity contribution in [2.24, 2.45) is 0 Å². The zero-order valence-electron chi connectivity index (χ0n) is 25.8. The monoisotopic (exact) mass is 621 g/mol. The quantitative estimate of drug-likeness (QED) is 0.0441. The second-order valence-electron chi connectivity index (χ2n) is 8.23. The van der Waals surface area contributed by atoms with E-state index in [1.54, 1.807) is 31.2 Å². The van der Waals surface area contributed by atoms with E-state index in [2.05, 4.69) is 38.2 Å². The molecule has 11 heteroatoms. The van der Waals surface area contributed by atoms with E-state index in [-0.39, 0.29) is 36.2 Å². The maximum atomic E-state index is 11.7. The highest BCUT2D eigenvalue weighted by Gasteiger charge is 2.11. The Morgan fingerprint density at radius 2 is 1.22 bits per heavy atom. The molecule has 45 heavy (non-hydrogen) atoms. The average Bonchev–Trinajstić information content (AvgIpc) is 3.03. The number of allylic oxidation sites excluding steroid dienone is 2. The fraction of sp³-hybridized carbons (Fsp3) is 0.206. The van der Waals surface area contributed by atoms with E-state index >= 15 is 0 Å². The van der Waals surface area contributed by atoms with Crippen LogP contribution in [0.3, 0.4) is 0 Å². The van der Waals surface area contributed by atoms with Gasteiger partial charge in [-0.3, -0.25) is 4.79 Å². The van der Waals surface area contributed by atoms with Gasteiger partial charge in [0.1, 0.15) is 11.5 Å². The Kier molecular flexibility index (Phi) is 19.9. The van der Waals surface area contributed by atoms with E-state index in [0.29, 0.717) is 29.9 Å². The van der Waals surface area contributed by atoms with Crippen molar-refractivity contribution in [2.75, 3.05) is 18.5 Å². The molecule has 240 valence electrons. The number of hydrogen-bond acceptors (Lipinski definition) is 10. The van der Waals surface area contributed by atoms with Crippen LogP contribution < -0.4 is 10.1 Å². The van der Waals surface area contributed by atoms with Gasteiger partial charge in [-0.15, -0.1) is 0 Å². The van der Waals surface area contributed by atoms with E-state index in [1.165, 1.54) is 36.4 Å². The number of nitrogens with one attached hydrogen (secondary N) is 1. The lowest BCUT2D eigenvalue weighted by atomic mass is 10.2. The minimum atomic E-state index is -0.872. The van der Waals surface area contributed by atoms with E-state index in [1.807, 2.05) is 13.8 Å². The largest absolute Gasteiger partial charge is 0.513 e. The van der Waals surface area contributed by atoms with Crippen molar-refractivity contribution in [3.05, 3.63) is 122 Å². The van der Waals surface area contributed by atoms with Crippen molar-refractivity contribution in [3.63, 3.8) is 0 Å². The Labute approximate surface area is 263 Å². The fourth-order valence-electron chi connectivity index (χ4n) is 2.70. The van der Waals surface area contributed by atoms with E-state index < -0.39 is 24.1 Å². The van der Waals surface area contributed by atoms with Crippen LogP contribution in [-0.4, -0.2) is 43.2 Å². The summed E-state index contributed by atoms with van der Waals surface area (Å²) in [5.41, 5.74) is 1.24. The first kappa shape index (κ1) is 39.3. The molecule has 0 aromatic heterocycles. The molecule has 0 atom stereocenters. The van der Waals surface area contributed by atoms with Gasteiger partial charge in [-0.2, -0.15) is 0 Å². The SMILES string of the molecule is C=CC(=C)OC(=O)c1ccc(OC(=O)OCCCCOC(=O)C=C)cc1.C=CC(=O)Nc1ccc(C(=O)OC(=C)C)cc1.CC. The number of carbonyl (C=O) groups is 5. The second kappa shape index (κ2) is 22.8. The molecular formula is C34H39NO10. The average molecular weight is 622 g/mol. The van der Waals surface area contributed by atoms with Crippen LogP contribution >= 0.6 is 0 Å². The summed E-state index contributed by atoms with van der Waals surface area (Å²) < 4.78 is 24.4. The van der Waals surface area contributed by atoms with Gasteiger partial charge in [0.05, 0.1) is 30.1 Å². The standard InChI is InChI=1S/C19H20O7.C13H13NO3.C2H6/c1-4-14(3)25-18(21)15-8-10-16(11-9-15)26-19(22)24-13-7-6-12-23-17(20)5-2;1-4-12(15)14-11-7-5-10(6-8-11)13(16)17-9(2)3;1-2/h4-5,8-11H,1-3,6-7,12-13H2;4-8H,1-2H2,3H3,(H,14,15);1-2H3. The third kappa shape index (κ3) is 17.8. The Morgan fingerprint density at radius 1 is 0.711 bits per heavy atom. The summed E-state index contributed by atoms with van der Waals surface area (Å²) in [6.45, 7) is 22.9. The number of esters is 3. The highest BCUT2D eigenvalue weighted by atomic mass is 16.7. The Hall–Kier alpha value is -5.71. The highest BCUT2D eigenvalue weighted by Crippen LogP contribution is 2.15. The Balaban J connectivity index is 0.000000879. The third-order valence-electron chi connectivity index (χ3n) is 4.75. The van der Waals surface area contributed by atoms with Crippen molar-refractivity contribution >= 4 is 35.7 Å². The van der Waals surface area contributed by atoms with Gasteiger partial charge in [0.15, 0.2) is 0 Å². The van der Waals surface area contributed by atoms with E-state index in [4.69, 9.17) is 23.7 Å². The zero-order chi connectivity index (χ0) is 34.2. The first-order valence-corrected chi connectivity index (χ1v) is 13.7. The summed E-state index contributed by atoms with van der Waals surface area (Å²) in [5.74, 6) is -1.18. The molecule has 2 rings (SSSR count). The van der Waals surface area contributed by atoms with Crippen LogP contribution in [0.15, 0.2) is 111 Å². The van der Waals surface area contributed by atoms with Gasteiger partial charge in [0.25, 0.3) is 0 Å². The van der Waals surface area contributed by atoms with Gasteiger partial charge in [0.2, 0.25) is 5.91 Å². The molecule has 0 radical (unpaired) electrons. The number of carbonyl (C=O) groups excluding carboxylic acids is 5.